The van der Waals surface area contributed by atoms with Gasteiger partial charge in [-0.2, -0.15) is 0 Å². The number of nitrogens with one attached hydrogen (secondary N) is 1. The van der Waals surface area contributed by atoms with Crippen molar-refractivity contribution in [3.63, 3.8) is 0 Å². The van der Waals surface area contributed by atoms with E-state index in [4.69, 9.17) is 4.74 Å². The van der Waals surface area contributed by atoms with E-state index in [0.717, 1.165) is 11.9 Å². The van der Waals surface area contributed by atoms with Gasteiger partial charge in [0, 0.05) is 23.2 Å². The molecule has 1 N–H and O–H groups in total. The fourth-order valence-electron chi connectivity index (χ4n) is 1.96. The second kappa shape index (κ2) is 6.74. The Bertz CT molecular complexity index is 685. The molecule has 5 heteroatoms. The van der Waals surface area contributed by atoms with E-state index < -0.39 is 11.8 Å². The molecular weight excluding hydrogens is 270 g/mol. The SMILES string of the molecule is CC/C=C/COc1ccc2c(C(=O)C(=O)OC)c[nH]c2c1. The molecule has 2 rings (SSSR count). The number of benzene rings is 1. The fraction of sp³-hybridized carbons (Fsp3) is 0.250. The first-order chi connectivity index (χ1) is 10.2. The first kappa shape index (κ1) is 14.8. The number of hydrogen-bond acceptors (Lipinski definition) is 4. The van der Waals surface area contributed by atoms with Crippen molar-refractivity contribution in [1.82, 2.24) is 4.98 Å². The summed E-state index contributed by atoms with van der Waals surface area (Å²) < 4.78 is 10.0. The van der Waals surface area contributed by atoms with Crippen LogP contribution in [0.2, 0.25) is 0 Å². The third kappa shape index (κ3) is 3.31. The molecule has 5 nitrogen and oxygen atoms in total. The van der Waals surface area contributed by atoms with Gasteiger partial charge in [-0.25, -0.2) is 4.79 Å². The largest absolute Gasteiger partial charge is 0.489 e. The Morgan fingerprint density at radius 1 is 1.29 bits per heavy atom. The number of Topliss-reactive ketones (excluding diaryl/α,β-unsaturated/α-hetero) is 1. The predicted molar refractivity (Wildman–Crippen MR) is 79.6 cm³/mol. The molecule has 21 heavy (non-hydrogen) atoms. The molecule has 2 aromatic rings. The van der Waals surface area contributed by atoms with Crippen molar-refractivity contribution in [2.75, 3.05) is 13.7 Å². The maximum atomic E-state index is 11.8. The summed E-state index contributed by atoms with van der Waals surface area (Å²) in [6.07, 6.45) is 6.45. The van der Waals surface area contributed by atoms with Crippen LogP contribution in [0.1, 0.15) is 23.7 Å². The molecule has 0 aliphatic heterocycles. The first-order valence-electron chi connectivity index (χ1n) is 6.69. The van der Waals surface area contributed by atoms with Gasteiger partial charge in [-0.3, -0.25) is 4.79 Å². The van der Waals surface area contributed by atoms with Crippen LogP contribution in [0, 0.1) is 0 Å². The molecule has 0 unspecified atom stereocenters. The molecule has 0 aliphatic rings. The number of allylic oxidation sites excluding steroid dienone is 1. The van der Waals surface area contributed by atoms with Gasteiger partial charge in [-0.1, -0.05) is 19.1 Å². The third-order valence-corrected chi connectivity index (χ3v) is 3.02. The lowest BCUT2D eigenvalue weighted by molar-refractivity contribution is -0.135. The molecular formula is C16H17NO4. The van der Waals surface area contributed by atoms with E-state index in [0.29, 0.717) is 23.3 Å². The predicted octanol–water partition coefficient (Wildman–Crippen LogP) is 2.87. The van der Waals surface area contributed by atoms with Crippen LogP contribution in [-0.4, -0.2) is 30.5 Å². The Morgan fingerprint density at radius 2 is 2.10 bits per heavy atom. The average molecular weight is 287 g/mol. The minimum Gasteiger partial charge on any atom is -0.489 e. The van der Waals surface area contributed by atoms with Crippen molar-refractivity contribution in [1.29, 1.82) is 0 Å². The van der Waals surface area contributed by atoms with Crippen LogP contribution in [0.5, 0.6) is 5.75 Å². The van der Waals surface area contributed by atoms with Crippen LogP contribution in [0.3, 0.4) is 0 Å². The number of hydrogen-bond donors (Lipinski definition) is 1. The number of carbonyl (C=O) groups is 2. The van der Waals surface area contributed by atoms with Crippen molar-refractivity contribution in [2.24, 2.45) is 0 Å². The molecule has 0 radical (unpaired) electrons. The maximum Gasteiger partial charge on any atom is 0.379 e. The summed E-state index contributed by atoms with van der Waals surface area (Å²) in [6, 6.07) is 5.31. The normalized spacial score (nSPS) is 11.0. The lowest BCUT2D eigenvalue weighted by atomic mass is 10.1. The number of methoxy groups -OCH3 is 1. The average Bonchev–Trinajstić information content (AvgIpc) is 2.93. The van der Waals surface area contributed by atoms with Gasteiger partial charge in [0.05, 0.1) is 12.7 Å². The van der Waals surface area contributed by atoms with Gasteiger partial charge in [0.25, 0.3) is 5.78 Å². The Labute approximate surface area is 122 Å². The van der Waals surface area contributed by atoms with E-state index in [1.54, 1.807) is 18.2 Å². The topological polar surface area (TPSA) is 68.4 Å². The number of aromatic nitrogens is 1. The smallest absolute Gasteiger partial charge is 0.379 e. The van der Waals surface area contributed by atoms with Crippen molar-refractivity contribution in [3.8, 4) is 5.75 Å². The Kier molecular flexibility index (Phi) is 4.77. The summed E-state index contributed by atoms with van der Waals surface area (Å²) in [5, 5.41) is 0.668. The van der Waals surface area contributed by atoms with Crippen LogP contribution in [0.15, 0.2) is 36.5 Å². The van der Waals surface area contributed by atoms with Crippen molar-refractivity contribution < 1.29 is 19.1 Å². The first-order valence-corrected chi connectivity index (χ1v) is 6.69. The monoisotopic (exact) mass is 287 g/mol. The van der Waals surface area contributed by atoms with Crippen LogP contribution >= 0.6 is 0 Å². The Hall–Kier alpha value is -2.56. The summed E-state index contributed by atoms with van der Waals surface area (Å²) in [4.78, 5) is 26.1. The number of carbonyl (C=O) groups excluding carboxylic acids is 2. The third-order valence-electron chi connectivity index (χ3n) is 3.02. The van der Waals surface area contributed by atoms with Gasteiger partial charge < -0.3 is 14.5 Å². The van der Waals surface area contributed by atoms with Gasteiger partial charge in [0.1, 0.15) is 12.4 Å². The Balaban J connectivity index is 2.21. The molecule has 1 heterocycles. The molecule has 110 valence electrons. The lowest BCUT2D eigenvalue weighted by Gasteiger charge is -2.03. The highest BCUT2D eigenvalue weighted by Gasteiger charge is 2.20. The fourth-order valence-corrected chi connectivity index (χ4v) is 1.96. The van der Waals surface area contributed by atoms with Crippen LogP contribution in [0.25, 0.3) is 10.9 Å². The van der Waals surface area contributed by atoms with E-state index in [1.807, 2.05) is 12.2 Å². The highest BCUT2D eigenvalue weighted by molar-refractivity contribution is 6.42. The number of H-pyrrole nitrogens is 1. The van der Waals surface area contributed by atoms with Crippen molar-refractivity contribution >= 4 is 22.7 Å². The van der Waals surface area contributed by atoms with E-state index in [1.165, 1.54) is 13.3 Å². The van der Waals surface area contributed by atoms with E-state index in [2.05, 4.69) is 16.6 Å². The molecule has 0 fully saturated rings. The molecule has 0 amide bonds. The Morgan fingerprint density at radius 3 is 2.81 bits per heavy atom. The second-order valence-electron chi connectivity index (χ2n) is 4.42. The van der Waals surface area contributed by atoms with Crippen LogP contribution in [-0.2, 0) is 9.53 Å². The number of ether oxygens (including phenoxy) is 2. The zero-order valence-corrected chi connectivity index (χ0v) is 12.0. The highest BCUT2D eigenvalue weighted by Crippen LogP contribution is 2.24. The number of fused-ring (bicyclic) bond motifs is 1. The minimum absolute atomic E-state index is 0.300. The van der Waals surface area contributed by atoms with Crippen molar-refractivity contribution in [3.05, 3.63) is 42.1 Å². The maximum absolute atomic E-state index is 11.8. The van der Waals surface area contributed by atoms with Crippen LogP contribution < -0.4 is 4.74 Å². The van der Waals surface area contributed by atoms with Gasteiger partial charge >= 0.3 is 5.97 Å². The number of ketones is 1. The van der Waals surface area contributed by atoms with Crippen molar-refractivity contribution in [2.45, 2.75) is 13.3 Å². The zero-order valence-electron chi connectivity index (χ0n) is 12.0. The minimum atomic E-state index is -0.874. The van der Waals surface area contributed by atoms with Gasteiger partial charge in [0.15, 0.2) is 0 Å². The van der Waals surface area contributed by atoms with E-state index in [9.17, 15) is 9.59 Å². The standard InChI is InChI=1S/C16H17NO4/c1-3-4-5-8-21-11-6-7-12-13(10-17-14(12)9-11)15(18)16(19)20-2/h4-7,9-10,17H,3,8H2,1-2H3/b5-4+. The molecule has 0 saturated carbocycles. The highest BCUT2D eigenvalue weighted by atomic mass is 16.5. The molecule has 0 saturated heterocycles. The lowest BCUT2D eigenvalue weighted by Crippen LogP contribution is -2.15. The van der Waals surface area contributed by atoms with Gasteiger partial charge in [-0.15, -0.1) is 0 Å². The quantitative estimate of drug-likeness (QED) is 0.384. The molecule has 1 aromatic carbocycles. The molecule has 1 aromatic heterocycles. The summed E-state index contributed by atoms with van der Waals surface area (Å²) in [5.41, 5.74) is 1.04. The second-order valence-corrected chi connectivity index (χ2v) is 4.42. The number of esters is 1. The van der Waals surface area contributed by atoms with Gasteiger partial charge in [0.2, 0.25) is 0 Å². The molecule has 0 spiro atoms. The van der Waals surface area contributed by atoms with E-state index in [-0.39, 0.29) is 0 Å². The number of aromatic amines is 1. The van der Waals surface area contributed by atoms with Crippen LogP contribution in [0.4, 0.5) is 0 Å². The zero-order chi connectivity index (χ0) is 15.2. The molecule has 0 atom stereocenters. The van der Waals surface area contributed by atoms with E-state index >= 15 is 0 Å². The van der Waals surface area contributed by atoms with Gasteiger partial charge in [-0.05, 0) is 18.6 Å². The summed E-state index contributed by atoms with van der Waals surface area (Å²) in [7, 11) is 1.19. The molecule has 0 aliphatic carbocycles. The molecule has 0 bridgehead atoms. The number of rotatable bonds is 6. The summed E-state index contributed by atoms with van der Waals surface area (Å²) in [5.74, 6) is -0.841. The summed E-state index contributed by atoms with van der Waals surface area (Å²) >= 11 is 0. The summed E-state index contributed by atoms with van der Waals surface area (Å²) in [6.45, 7) is 2.55.